The minimum absolute atomic E-state index is 0.00111. The minimum atomic E-state index is -0.360. The molecule has 0 saturated heterocycles. The van der Waals surface area contributed by atoms with Crippen molar-refractivity contribution in [2.45, 2.75) is 13.3 Å². The highest BCUT2D eigenvalue weighted by molar-refractivity contribution is 5.70. The second-order valence-corrected chi connectivity index (χ2v) is 2.73. The third kappa shape index (κ3) is 8.82. The molecule has 0 aliphatic carbocycles. The number of ether oxygens (including phenoxy) is 2. The Kier molecular flexibility index (Phi) is 6.92. The molecule has 0 unspecified atom stereocenters. The molecular formula is C10H16O3. The van der Waals surface area contributed by atoms with Crippen LogP contribution in [0.15, 0.2) is 24.8 Å². The monoisotopic (exact) mass is 184 g/mol. The highest BCUT2D eigenvalue weighted by Crippen LogP contribution is 1.95. The van der Waals surface area contributed by atoms with Gasteiger partial charge in [0, 0.05) is 0 Å². The topological polar surface area (TPSA) is 35.5 Å². The van der Waals surface area contributed by atoms with E-state index >= 15 is 0 Å². The Morgan fingerprint density at radius 2 is 2.23 bits per heavy atom. The van der Waals surface area contributed by atoms with Crippen LogP contribution in [0.1, 0.15) is 13.3 Å². The number of esters is 1. The number of carbonyl (C=O) groups is 1. The first-order valence-electron chi connectivity index (χ1n) is 4.15. The van der Waals surface area contributed by atoms with Crippen molar-refractivity contribution in [3.8, 4) is 0 Å². The van der Waals surface area contributed by atoms with Crippen LogP contribution in [0.3, 0.4) is 0 Å². The maximum absolute atomic E-state index is 10.8. The molecule has 0 bridgehead atoms. The van der Waals surface area contributed by atoms with Gasteiger partial charge in [0.2, 0.25) is 0 Å². The van der Waals surface area contributed by atoms with Crippen LogP contribution in [0.25, 0.3) is 0 Å². The molecule has 0 aromatic heterocycles. The molecule has 0 aliphatic rings. The summed E-state index contributed by atoms with van der Waals surface area (Å²) in [4.78, 5) is 10.8. The first kappa shape index (κ1) is 11.9. The molecule has 0 N–H and O–H groups in total. The maximum Gasteiger partial charge on any atom is 0.332 e. The zero-order chi connectivity index (χ0) is 10.1. The Bertz CT molecular complexity index is 185. The second-order valence-electron chi connectivity index (χ2n) is 2.73. The molecular weight excluding hydrogens is 168 g/mol. The van der Waals surface area contributed by atoms with Gasteiger partial charge in [0.25, 0.3) is 0 Å². The average Bonchev–Trinajstić information content (AvgIpc) is 2.08. The predicted octanol–water partition coefficient (Wildman–Crippen LogP) is 1.70. The molecule has 13 heavy (non-hydrogen) atoms. The number of hydrogen-bond donors (Lipinski definition) is 0. The number of rotatable bonds is 7. The quantitative estimate of drug-likeness (QED) is 0.343. The fourth-order valence-electron chi connectivity index (χ4n) is 0.595. The fraction of sp³-hybridized carbons (Fsp3) is 0.500. The summed E-state index contributed by atoms with van der Waals surface area (Å²) < 4.78 is 9.73. The molecule has 0 rings (SSSR count). The van der Waals surface area contributed by atoms with Gasteiger partial charge in [-0.05, 0) is 13.3 Å². The van der Waals surface area contributed by atoms with E-state index in [0.29, 0.717) is 6.61 Å². The van der Waals surface area contributed by atoms with Gasteiger partial charge in [-0.15, -0.1) is 6.58 Å². The minimum Gasteiger partial charge on any atom is -0.460 e. The summed E-state index contributed by atoms with van der Waals surface area (Å²) in [5.74, 6) is -0.360. The van der Waals surface area contributed by atoms with Crippen molar-refractivity contribution in [1.29, 1.82) is 0 Å². The summed E-state index contributed by atoms with van der Waals surface area (Å²) in [5, 5.41) is 0. The van der Waals surface area contributed by atoms with Gasteiger partial charge in [-0.3, -0.25) is 0 Å². The molecule has 0 heterocycles. The Hall–Kier alpha value is -1.09. The van der Waals surface area contributed by atoms with E-state index in [-0.39, 0.29) is 19.2 Å². The van der Waals surface area contributed by atoms with Gasteiger partial charge in [0.1, 0.15) is 13.2 Å². The van der Waals surface area contributed by atoms with E-state index in [4.69, 9.17) is 9.47 Å². The second kappa shape index (κ2) is 7.55. The molecule has 3 heteroatoms. The van der Waals surface area contributed by atoms with E-state index in [9.17, 15) is 4.79 Å². The summed E-state index contributed by atoms with van der Waals surface area (Å²) in [6.45, 7) is 9.80. The van der Waals surface area contributed by atoms with Crippen LogP contribution in [-0.4, -0.2) is 25.8 Å². The van der Waals surface area contributed by atoms with Crippen LogP contribution in [0.2, 0.25) is 0 Å². The molecule has 0 saturated carbocycles. The van der Waals surface area contributed by atoms with Crippen LogP contribution in [0.4, 0.5) is 0 Å². The first-order chi connectivity index (χ1) is 6.16. The summed E-state index contributed by atoms with van der Waals surface area (Å²) >= 11 is 0. The van der Waals surface area contributed by atoms with Gasteiger partial charge in [-0.2, -0.15) is 0 Å². The molecule has 0 amide bonds. The molecule has 0 aliphatic heterocycles. The summed E-state index contributed by atoms with van der Waals surface area (Å²) in [6.07, 6.45) is 2.29. The summed E-state index contributed by atoms with van der Waals surface area (Å²) in [7, 11) is 0. The lowest BCUT2D eigenvalue weighted by molar-refractivity contribution is -0.147. The van der Waals surface area contributed by atoms with Gasteiger partial charge in [0.15, 0.2) is 0 Å². The molecule has 3 nitrogen and oxygen atoms in total. The van der Waals surface area contributed by atoms with Crippen molar-refractivity contribution in [3.05, 3.63) is 24.8 Å². The third-order valence-electron chi connectivity index (χ3n) is 1.26. The molecule has 0 aromatic carbocycles. The van der Waals surface area contributed by atoms with Gasteiger partial charge in [-0.1, -0.05) is 18.2 Å². The van der Waals surface area contributed by atoms with E-state index in [0.717, 1.165) is 12.0 Å². The summed E-state index contributed by atoms with van der Waals surface area (Å²) in [5.41, 5.74) is 1.04. The van der Waals surface area contributed by atoms with Crippen molar-refractivity contribution in [2.24, 2.45) is 0 Å². The van der Waals surface area contributed by atoms with Crippen molar-refractivity contribution < 1.29 is 14.3 Å². The van der Waals surface area contributed by atoms with Crippen LogP contribution < -0.4 is 0 Å². The van der Waals surface area contributed by atoms with Crippen molar-refractivity contribution in [3.63, 3.8) is 0 Å². The number of hydrogen-bond acceptors (Lipinski definition) is 3. The van der Waals surface area contributed by atoms with Crippen LogP contribution in [0, 0.1) is 0 Å². The van der Waals surface area contributed by atoms with Crippen molar-refractivity contribution in [1.82, 2.24) is 0 Å². The Balaban J connectivity index is 3.26. The van der Waals surface area contributed by atoms with Crippen LogP contribution >= 0.6 is 0 Å². The summed E-state index contributed by atoms with van der Waals surface area (Å²) in [6, 6.07) is 0. The van der Waals surface area contributed by atoms with Crippen molar-refractivity contribution >= 4 is 5.97 Å². The zero-order valence-electron chi connectivity index (χ0n) is 8.04. The Morgan fingerprint density at radius 3 is 2.77 bits per heavy atom. The highest BCUT2D eigenvalue weighted by Gasteiger charge is 2.00. The lowest BCUT2D eigenvalue weighted by Gasteiger charge is -2.03. The van der Waals surface area contributed by atoms with Gasteiger partial charge in [0.05, 0.1) is 6.61 Å². The van der Waals surface area contributed by atoms with E-state index < -0.39 is 0 Å². The van der Waals surface area contributed by atoms with Gasteiger partial charge < -0.3 is 9.47 Å². The maximum atomic E-state index is 10.8. The number of carbonyl (C=O) groups excluding carboxylic acids is 1. The van der Waals surface area contributed by atoms with Gasteiger partial charge >= 0.3 is 5.97 Å². The van der Waals surface area contributed by atoms with E-state index in [1.54, 1.807) is 0 Å². The first-order valence-corrected chi connectivity index (χ1v) is 4.15. The molecule has 74 valence electrons. The molecule has 0 aromatic rings. The van der Waals surface area contributed by atoms with Crippen molar-refractivity contribution in [2.75, 3.05) is 19.8 Å². The molecule has 0 spiro atoms. The third-order valence-corrected chi connectivity index (χ3v) is 1.26. The molecule has 0 radical (unpaired) electrons. The van der Waals surface area contributed by atoms with E-state index in [1.807, 2.05) is 6.92 Å². The van der Waals surface area contributed by atoms with E-state index in [2.05, 4.69) is 13.2 Å². The standard InChI is InChI=1S/C10H16O3/c1-4-6-13-10(11)8-12-7-5-9(2)3/h4H,1-2,5-8H2,3H3. The van der Waals surface area contributed by atoms with Crippen LogP contribution in [-0.2, 0) is 14.3 Å². The predicted molar refractivity (Wildman–Crippen MR) is 51.4 cm³/mol. The lowest BCUT2D eigenvalue weighted by atomic mass is 10.3. The largest absolute Gasteiger partial charge is 0.460 e. The normalized spacial score (nSPS) is 9.31. The molecule has 0 fully saturated rings. The smallest absolute Gasteiger partial charge is 0.332 e. The zero-order valence-corrected chi connectivity index (χ0v) is 8.04. The Morgan fingerprint density at radius 1 is 1.54 bits per heavy atom. The van der Waals surface area contributed by atoms with E-state index in [1.165, 1.54) is 6.08 Å². The average molecular weight is 184 g/mol. The van der Waals surface area contributed by atoms with Crippen LogP contribution in [0.5, 0.6) is 0 Å². The molecule has 0 atom stereocenters. The fourth-order valence-corrected chi connectivity index (χ4v) is 0.595. The Labute approximate surface area is 79.0 Å². The lowest BCUT2D eigenvalue weighted by Crippen LogP contribution is -2.13. The van der Waals surface area contributed by atoms with Gasteiger partial charge in [-0.25, -0.2) is 4.79 Å². The highest BCUT2D eigenvalue weighted by atomic mass is 16.6. The SMILES string of the molecule is C=CCOC(=O)COCCC(=C)C.